The van der Waals surface area contributed by atoms with Gasteiger partial charge >= 0.3 is 11.9 Å². The molecular formula is C17H17NO5. The van der Waals surface area contributed by atoms with Gasteiger partial charge in [0.1, 0.15) is 11.8 Å². The van der Waals surface area contributed by atoms with Crippen LogP contribution in [0, 0.1) is 0 Å². The van der Waals surface area contributed by atoms with E-state index in [0.29, 0.717) is 5.75 Å². The summed E-state index contributed by atoms with van der Waals surface area (Å²) in [4.78, 5) is 22.0. The van der Waals surface area contributed by atoms with Crippen LogP contribution in [-0.4, -0.2) is 34.3 Å². The first-order valence-corrected chi connectivity index (χ1v) is 7.00. The molecule has 23 heavy (non-hydrogen) atoms. The quantitative estimate of drug-likeness (QED) is 0.720. The first-order chi connectivity index (χ1) is 11.0. The van der Waals surface area contributed by atoms with Crippen molar-refractivity contribution in [2.24, 2.45) is 5.73 Å². The van der Waals surface area contributed by atoms with Crippen LogP contribution in [0.3, 0.4) is 0 Å². The lowest BCUT2D eigenvalue weighted by atomic mass is 10.1. The van der Waals surface area contributed by atoms with E-state index >= 15 is 0 Å². The molecule has 2 rings (SSSR count). The standard InChI is InChI=1S/C17H17NO5/c18-14(16(19)20)10-15(17(21)22)23-13-8-4-7-12(9-13)11-5-2-1-3-6-11/h1-9,14-15H,10,18H2,(H,19,20)(H,21,22). The zero-order valence-electron chi connectivity index (χ0n) is 12.3. The van der Waals surface area contributed by atoms with Gasteiger partial charge in [0, 0.05) is 6.42 Å². The van der Waals surface area contributed by atoms with Crippen LogP contribution >= 0.6 is 0 Å². The van der Waals surface area contributed by atoms with Crippen molar-refractivity contribution in [2.75, 3.05) is 0 Å². The summed E-state index contributed by atoms with van der Waals surface area (Å²) in [5, 5.41) is 18.0. The Hall–Kier alpha value is -2.86. The lowest BCUT2D eigenvalue weighted by Crippen LogP contribution is -2.39. The Bertz CT molecular complexity index is 686. The summed E-state index contributed by atoms with van der Waals surface area (Å²) in [7, 11) is 0. The van der Waals surface area contributed by atoms with Crippen LogP contribution in [0.4, 0.5) is 0 Å². The summed E-state index contributed by atoms with van der Waals surface area (Å²) < 4.78 is 5.42. The first-order valence-electron chi connectivity index (χ1n) is 7.00. The molecule has 0 radical (unpaired) electrons. The van der Waals surface area contributed by atoms with E-state index in [9.17, 15) is 14.7 Å². The zero-order valence-corrected chi connectivity index (χ0v) is 12.3. The van der Waals surface area contributed by atoms with Gasteiger partial charge in [0.25, 0.3) is 0 Å². The highest BCUT2D eigenvalue weighted by Gasteiger charge is 2.26. The van der Waals surface area contributed by atoms with Gasteiger partial charge in [-0.2, -0.15) is 0 Å². The van der Waals surface area contributed by atoms with Crippen LogP contribution in [0.2, 0.25) is 0 Å². The van der Waals surface area contributed by atoms with E-state index in [2.05, 4.69) is 0 Å². The van der Waals surface area contributed by atoms with E-state index in [1.807, 2.05) is 36.4 Å². The summed E-state index contributed by atoms with van der Waals surface area (Å²) in [6.45, 7) is 0. The number of carbonyl (C=O) groups is 2. The van der Waals surface area contributed by atoms with Crippen molar-refractivity contribution in [1.29, 1.82) is 0 Å². The van der Waals surface area contributed by atoms with Gasteiger partial charge in [0.05, 0.1) is 0 Å². The third kappa shape index (κ3) is 4.55. The van der Waals surface area contributed by atoms with Crippen molar-refractivity contribution in [3.05, 3.63) is 54.6 Å². The second-order valence-corrected chi connectivity index (χ2v) is 5.02. The third-order valence-corrected chi connectivity index (χ3v) is 3.28. The minimum absolute atomic E-state index is 0.319. The van der Waals surface area contributed by atoms with Gasteiger partial charge in [-0.1, -0.05) is 42.5 Å². The molecule has 0 saturated heterocycles. The molecule has 2 aromatic carbocycles. The molecule has 2 atom stereocenters. The zero-order chi connectivity index (χ0) is 16.8. The minimum atomic E-state index is -1.33. The number of carboxylic acids is 2. The molecule has 0 aliphatic carbocycles. The Kier molecular flexibility index (Phi) is 5.32. The van der Waals surface area contributed by atoms with Crippen molar-refractivity contribution in [1.82, 2.24) is 0 Å². The molecule has 120 valence electrons. The fraction of sp³-hybridized carbons (Fsp3) is 0.176. The molecule has 6 heteroatoms. The van der Waals surface area contributed by atoms with Crippen LogP contribution in [0.25, 0.3) is 11.1 Å². The SMILES string of the molecule is NC(CC(Oc1cccc(-c2ccccc2)c1)C(=O)O)C(=O)O. The molecule has 2 unspecified atom stereocenters. The second-order valence-electron chi connectivity index (χ2n) is 5.02. The normalized spacial score (nSPS) is 13.1. The summed E-state index contributed by atoms with van der Waals surface area (Å²) in [6.07, 6.45) is -1.65. The fourth-order valence-electron chi connectivity index (χ4n) is 2.07. The Morgan fingerprint density at radius 3 is 2.22 bits per heavy atom. The highest BCUT2D eigenvalue weighted by molar-refractivity contribution is 5.77. The summed E-state index contributed by atoms with van der Waals surface area (Å²) in [5.74, 6) is -2.18. The van der Waals surface area contributed by atoms with Crippen LogP contribution in [0.1, 0.15) is 6.42 Å². The van der Waals surface area contributed by atoms with Gasteiger partial charge in [-0.25, -0.2) is 4.79 Å². The number of carboxylic acid groups (broad SMARTS) is 2. The molecule has 0 saturated carbocycles. The molecule has 0 fully saturated rings. The average Bonchev–Trinajstić information content (AvgIpc) is 2.55. The molecule has 4 N–H and O–H groups in total. The second kappa shape index (κ2) is 7.42. The minimum Gasteiger partial charge on any atom is -0.480 e. The molecule has 0 aliphatic rings. The van der Waals surface area contributed by atoms with Gasteiger partial charge in [-0.3, -0.25) is 4.79 Å². The number of hydrogen-bond donors (Lipinski definition) is 3. The van der Waals surface area contributed by atoms with Crippen molar-refractivity contribution < 1.29 is 24.5 Å². The van der Waals surface area contributed by atoms with E-state index in [4.69, 9.17) is 15.6 Å². The van der Waals surface area contributed by atoms with Crippen LogP contribution in [0.15, 0.2) is 54.6 Å². The first kappa shape index (κ1) is 16.5. The predicted octanol–water partition coefficient (Wildman–Crippen LogP) is 1.99. The lowest BCUT2D eigenvalue weighted by molar-refractivity contribution is -0.146. The number of aliphatic carboxylic acids is 2. The van der Waals surface area contributed by atoms with Gasteiger partial charge in [0.2, 0.25) is 0 Å². The number of rotatable bonds is 7. The topological polar surface area (TPSA) is 110 Å². The summed E-state index contributed by atoms with van der Waals surface area (Å²) in [6, 6.07) is 15.2. The van der Waals surface area contributed by atoms with E-state index in [-0.39, 0.29) is 6.42 Å². The van der Waals surface area contributed by atoms with E-state index < -0.39 is 24.1 Å². The van der Waals surface area contributed by atoms with E-state index in [1.54, 1.807) is 18.2 Å². The van der Waals surface area contributed by atoms with Gasteiger partial charge in [-0.15, -0.1) is 0 Å². The van der Waals surface area contributed by atoms with Crippen LogP contribution < -0.4 is 10.5 Å². The molecule has 0 heterocycles. The summed E-state index contributed by atoms with van der Waals surface area (Å²) >= 11 is 0. The van der Waals surface area contributed by atoms with Crippen LogP contribution in [-0.2, 0) is 9.59 Å². The third-order valence-electron chi connectivity index (χ3n) is 3.28. The molecule has 0 aliphatic heterocycles. The van der Waals surface area contributed by atoms with E-state index in [0.717, 1.165) is 11.1 Å². The molecule has 6 nitrogen and oxygen atoms in total. The number of hydrogen-bond acceptors (Lipinski definition) is 4. The largest absolute Gasteiger partial charge is 0.480 e. The molecule has 0 bridgehead atoms. The molecule has 2 aromatic rings. The Morgan fingerprint density at radius 2 is 1.61 bits per heavy atom. The number of nitrogens with two attached hydrogens (primary N) is 1. The smallest absolute Gasteiger partial charge is 0.344 e. The molecule has 0 amide bonds. The highest BCUT2D eigenvalue weighted by atomic mass is 16.5. The molecule has 0 spiro atoms. The van der Waals surface area contributed by atoms with E-state index in [1.165, 1.54) is 0 Å². The monoisotopic (exact) mass is 315 g/mol. The van der Waals surface area contributed by atoms with Gasteiger partial charge in [-0.05, 0) is 23.3 Å². The van der Waals surface area contributed by atoms with Crippen LogP contribution in [0.5, 0.6) is 5.75 Å². The maximum atomic E-state index is 11.2. The number of benzene rings is 2. The molecular weight excluding hydrogens is 298 g/mol. The van der Waals surface area contributed by atoms with Crippen molar-refractivity contribution in [2.45, 2.75) is 18.6 Å². The maximum absolute atomic E-state index is 11.2. The van der Waals surface area contributed by atoms with Crippen molar-refractivity contribution in [3.63, 3.8) is 0 Å². The number of ether oxygens (including phenoxy) is 1. The highest BCUT2D eigenvalue weighted by Crippen LogP contribution is 2.24. The van der Waals surface area contributed by atoms with Gasteiger partial charge < -0.3 is 20.7 Å². The summed E-state index contributed by atoms with van der Waals surface area (Å²) in [5.41, 5.74) is 7.22. The van der Waals surface area contributed by atoms with Crippen molar-refractivity contribution in [3.8, 4) is 16.9 Å². The molecule has 0 aromatic heterocycles. The Labute approximate surface area is 133 Å². The lowest BCUT2D eigenvalue weighted by Gasteiger charge is -2.17. The average molecular weight is 315 g/mol. The Morgan fingerprint density at radius 1 is 0.957 bits per heavy atom. The predicted molar refractivity (Wildman–Crippen MR) is 84.2 cm³/mol. The Balaban J connectivity index is 2.17. The fourth-order valence-corrected chi connectivity index (χ4v) is 2.07. The van der Waals surface area contributed by atoms with Gasteiger partial charge in [0.15, 0.2) is 6.10 Å². The van der Waals surface area contributed by atoms with Crippen molar-refractivity contribution >= 4 is 11.9 Å². The maximum Gasteiger partial charge on any atom is 0.344 e.